The molecule has 4 aromatic carbocycles. The lowest BCUT2D eigenvalue weighted by molar-refractivity contribution is -0.138. The molecular formula is C50H57N7O6. The predicted octanol–water partition coefficient (Wildman–Crippen LogP) is 8.89. The number of imidazole rings is 2. The quantitative estimate of drug-likeness (QED) is 0.0891. The van der Waals surface area contributed by atoms with Crippen LogP contribution in [-0.4, -0.2) is 92.5 Å². The van der Waals surface area contributed by atoms with Gasteiger partial charge in [-0.1, -0.05) is 74.5 Å². The Labute approximate surface area is 368 Å². The first-order valence-corrected chi connectivity index (χ1v) is 22.4. The van der Waals surface area contributed by atoms with Crippen LogP contribution in [0.1, 0.15) is 93.7 Å². The van der Waals surface area contributed by atoms with E-state index in [4.69, 9.17) is 24.2 Å². The number of benzene rings is 4. The molecule has 13 heteroatoms. The van der Waals surface area contributed by atoms with Crippen LogP contribution in [0.2, 0.25) is 0 Å². The number of nitrogens with one attached hydrogen (secondary N) is 3. The molecule has 3 aliphatic heterocycles. The molecule has 13 nitrogen and oxygen atoms in total. The summed E-state index contributed by atoms with van der Waals surface area (Å²) in [7, 11) is 1.31. The fourth-order valence-electron chi connectivity index (χ4n) is 9.94. The van der Waals surface area contributed by atoms with Gasteiger partial charge in [-0.05, 0) is 90.8 Å². The Morgan fingerprint density at radius 3 is 2.46 bits per heavy atom. The van der Waals surface area contributed by atoms with Crippen LogP contribution in [0.25, 0.3) is 44.4 Å². The van der Waals surface area contributed by atoms with Crippen molar-refractivity contribution in [2.45, 2.75) is 89.8 Å². The zero-order valence-electron chi connectivity index (χ0n) is 36.5. The van der Waals surface area contributed by atoms with Crippen LogP contribution in [0.5, 0.6) is 5.75 Å². The number of likely N-dealkylation sites (N-methyl/N-ethyl adjacent to an activating group) is 1. The SMILES string of the molecule is CCC(c1ncc(-c2ccc3c4c(ccc3c2)-c2ccc(-c3cnc(C5CCCN5C(O)C(C)c5ccccc5)[nH]3)cc2CO4)[nH]1)N(CC)C(=O)C(NC(=O)OC)C1CCOCC1. The largest absolute Gasteiger partial charge is 0.488 e. The van der Waals surface area contributed by atoms with Gasteiger partial charge in [0.25, 0.3) is 0 Å². The lowest BCUT2D eigenvalue weighted by Crippen LogP contribution is -2.54. The number of hydrogen-bond donors (Lipinski definition) is 4. The number of rotatable bonds is 13. The standard InChI is InChI=1S/C50H57N7O6/c1-5-42(56(6-2)49(59)44(55-50(60)61-4)32-20-23-62-24-21-32)46-51-27-40(53-46)34-16-18-38-33(25-34)14-19-39-37-17-15-35(26-36(37)29-63-45(38)39)41-28-52-47(54-41)43-13-10-22-57(43)48(58)30(3)31-11-8-7-9-12-31/h7-9,11-12,14-19,25-28,30,32,42-44,48,58H,5-6,10,13,20-24,29H2,1-4H3,(H,51,53)(H,52,54)(H,55,60). The molecular weight excluding hydrogens is 795 g/mol. The molecule has 4 N–H and O–H groups in total. The monoisotopic (exact) mass is 851 g/mol. The molecule has 5 atom stereocenters. The Morgan fingerprint density at radius 1 is 0.937 bits per heavy atom. The van der Waals surface area contributed by atoms with Crippen molar-refractivity contribution in [3.8, 4) is 39.4 Å². The van der Waals surface area contributed by atoms with E-state index in [2.05, 4.69) is 87.8 Å². The van der Waals surface area contributed by atoms with Crippen molar-refractivity contribution in [2.75, 3.05) is 33.4 Å². The Morgan fingerprint density at radius 2 is 1.68 bits per heavy atom. The highest BCUT2D eigenvalue weighted by Gasteiger charge is 2.38. The molecule has 9 rings (SSSR count). The zero-order chi connectivity index (χ0) is 43.6. The van der Waals surface area contributed by atoms with Crippen molar-refractivity contribution >= 4 is 22.8 Å². The fraction of sp³-hybridized carbons (Fsp3) is 0.400. The van der Waals surface area contributed by atoms with Crippen LogP contribution in [0.3, 0.4) is 0 Å². The highest BCUT2D eigenvalue weighted by molar-refractivity contribution is 5.98. The molecule has 0 aliphatic carbocycles. The number of aliphatic hydroxyl groups excluding tert-OH is 1. The Kier molecular flexibility index (Phi) is 12.3. The molecule has 63 heavy (non-hydrogen) atoms. The fourth-order valence-corrected chi connectivity index (χ4v) is 9.94. The van der Waals surface area contributed by atoms with Crippen molar-refractivity contribution in [1.82, 2.24) is 35.1 Å². The van der Waals surface area contributed by atoms with Crippen LogP contribution >= 0.6 is 0 Å². The maximum atomic E-state index is 14.2. The summed E-state index contributed by atoms with van der Waals surface area (Å²) in [5.41, 5.74) is 8.23. The smallest absolute Gasteiger partial charge is 0.407 e. The number of ether oxygens (including phenoxy) is 3. The lowest BCUT2D eigenvalue weighted by atomic mass is 9.90. The van der Waals surface area contributed by atoms with Gasteiger partial charge in [0.15, 0.2) is 0 Å². The van der Waals surface area contributed by atoms with Crippen molar-refractivity contribution in [2.24, 2.45) is 5.92 Å². The molecule has 328 valence electrons. The van der Waals surface area contributed by atoms with E-state index in [1.54, 1.807) is 4.90 Å². The topological polar surface area (TPSA) is 158 Å². The number of carbonyl (C=O) groups excluding carboxylic acids is 2. The molecule has 2 amide bonds. The van der Waals surface area contributed by atoms with E-state index in [1.165, 1.54) is 7.11 Å². The minimum Gasteiger partial charge on any atom is -0.488 e. The van der Waals surface area contributed by atoms with Gasteiger partial charge in [0, 0.05) is 48.7 Å². The highest BCUT2D eigenvalue weighted by Crippen LogP contribution is 2.44. The molecule has 0 bridgehead atoms. The third-order valence-electron chi connectivity index (χ3n) is 13.4. The van der Waals surface area contributed by atoms with E-state index in [0.29, 0.717) is 51.5 Å². The van der Waals surface area contributed by atoms with Crippen molar-refractivity contribution in [3.05, 3.63) is 114 Å². The number of aromatic nitrogens is 4. The second-order valence-corrected chi connectivity index (χ2v) is 17.0. The van der Waals surface area contributed by atoms with Crippen LogP contribution in [0.15, 0.2) is 91.3 Å². The molecule has 0 radical (unpaired) electrons. The number of aromatic amines is 2. The van der Waals surface area contributed by atoms with E-state index < -0.39 is 18.4 Å². The first-order chi connectivity index (χ1) is 30.8. The molecule has 2 saturated heterocycles. The number of carbonyl (C=O) groups is 2. The summed E-state index contributed by atoms with van der Waals surface area (Å²) in [5, 5.41) is 16.3. The minimum absolute atomic E-state index is 0.0192. The molecule has 0 spiro atoms. The maximum absolute atomic E-state index is 14.2. The van der Waals surface area contributed by atoms with Crippen LogP contribution in [-0.2, 0) is 20.9 Å². The second kappa shape index (κ2) is 18.4. The van der Waals surface area contributed by atoms with E-state index in [0.717, 1.165) is 86.5 Å². The number of fused-ring (bicyclic) bond motifs is 5. The maximum Gasteiger partial charge on any atom is 0.407 e. The highest BCUT2D eigenvalue weighted by atomic mass is 16.5. The third kappa shape index (κ3) is 8.32. The summed E-state index contributed by atoms with van der Waals surface area (Å²) >= 11 is 0. The van der Waals surface area contributed by atoms with Gasteiger partial charge in [0.2, 0.25) is 5.91 Å². The summed E-state index contributed by atoms with van der Waals surface area (Å²) in [6, 6.07) is 26.3. The van der Waals surface area contributed by atoms with Crippen molar-refractivity contribution in [3.63, 3.8) is 0 Å². The Bertz CT molecular complexity index is 2570. The van der Waals surface area contributed by atoms with Gasteiger partial charge < -0.3 is 39.5 Å². The Hall–Kier alpha value is -6.02. The number of alkyl carbamates (subject to hydrolysis) is 1. The first kappa shape index (κ1) is 42.3. The van der Waals surface area contributed by atoms with Crippen molar-refractivity contribution in [1.29, 1.82) is 0 Å². The van der Waals surface area contributed by atoms with Gasteiger partial charge in [0.1, 0.15) is 36.3 Å². The average molecular weight is 852 g/mol. The molecule has 5 unspecified atom stereocenters. The molecule has 3 aliphatic rings. The number of amides is 2. The second-order valence-electron chi connectivity index (χ2n) is 17.0. The number of hydrogen-bond acceptors (Lipinski definition) is 9. The average Bonchev–Trinajstić information content (AvgIpc) is 4.14. The molecule has 5 heterocycles. The third-order valence-corrected chi connectivity index (χ3v) is 13.4. The Balaban J connectivity index is 0.914. The zero-order valence-corrected chi connectivity index (χ0v) is 36.5. The predicted molar refractivity (Wildman–Crippen MR) is 242 cm³/mol. The van der Waals surface area contributed by atoms with Crippen molar-refractivity contribution < 1.29 is 28.9 Å². The summed E-state index contributed by atoms with van der Waals surface area (Å²) in [4.78, 5) is 47.3. The van der Waals surface area contributed by atoms with Crippen LogP contribution < -0.4 is 10.1 Å². The van der Waals surface area contributed by atoms with Gasteiger partial charge in [-0.3, -0.25) is 9.69 Å². The van der Waals surface area contributed by atoms with E-state index >= 15 is 0 Å². The normalized spacial score (nSPS) is 18.5. The van der Waals surface area contributed by atoms with E-state index in [1.807, 2.05) is 44.4 Å². The van der Waals surface area contributed by atoms with Gasteiger partial charge >= 0.3 is 6.09 Å². The first-order valence-electron chi connectivity index (χ1n) is 22.4. The minimum atomic E-state index is -0.721. The van der Waals surface area contributed by atoms with Gasteiger partial charge in [-0.15, -0.1) is 0 Å². The summed E-state index contributed by atoms with van der Waals surface area (Å²) in [6.45, 7) is 8.90. The van der Waals surface area contributed by atoms with E-state index in [-0.39, 0.29) is 29.8 Å². The number of aliphatic hydroxyl groups is 1. The molecule has 6 aromatic rings. The van der Waals surface area contributed by atoms with Gasteiger partial charge in [0.05, 0.1) is 43.0 Å². The molecule has 2 fully saturated rings. The lowest BCUT2D eigenvalue weighted by Gasteiger charge is -2.36. The van der Waals surface area contributed by atoms with Gasteiger partial charge in [-0.2, -0.15) is 0 Å². The number of H-pyrrole nitrogens is 2. The summed E-state index contributed by atoms with van der Waals surface area (Å²) in [5.74, 6) is 2.21. The number of likely N-dealkylation sites (tertiary alicyclic amines) is 1. The van der Waals surface area contributed by atoms with Gasteiger partial charge in [-0.25, -0.2) is 14.8 Å². The van der Waals surface area contributed by atoms with E-state index in [9.17, 15) is 14.7 Å². The summed E-state index contributed by atoms with van der Waals surface area (Å²) in [6.07, 6.45) is 6.44. The molecule has 2 aromatic heterocycles. The number of methoxy groups -OCH3 is 1. The molecule has 0 saturated carbocycles. The van der Waals surface area contributed by atoms with Crippen LogP contribution in [0, 0.1) is 5.92 Å². The van der Waals surface area contributed by atoms with Crippen LogP contribution in [0.4, 0.5) is 4.79 Å². The number of nitrogens with zero attached hydrogens (tertiary/aromatic N) is 4. The summed E-state index contributed by atoms with van der Waals surface area (Å²) < 4.78 is 17.0.